The second-order valence-electron chi connectivity index (χ2n) is 4.91. The van der Waals surface area contributed by atoms with Gasteiger partial charge >= 0.3 is 0 Å². The van der Waals surface area contributed by atoms with E-state index >= 15 is 0 Å². The standard InChI is InChI=1S/C13H17N3O3/c1-8-5-11(12(16(18)19)6-9(8)2)15-13(17)7-14-10-3-4-10/h5-6,10,14H,3-4,7H2,1-2H3,(H,15,17). The van der Waals surface area contributed by atoms with Crippen molar-refractivity contribution < 1.29 is 9.72 Å². The molecule has 102 valence electrons. The third kappa shape index (κ3) is 3.51. The van der Waals surface area contributed by atoms with Gasteiger partial charge in [-0.05, 0) is 43.9 Å². The van der Waals surface area contributed by atoms with E-state index in [4.69, 9.17) is 0 Å². The first-order valence-corrected chi connectivity index (χ1v) is 6.26. The van der Waals surface area contributed by atoms with Crippen molar-refractivity contribution in [2.45, 2.75) is 32.7 Å². The van der Waals surface area contributed by atoms with Gasteiger partial charge in [-0.15, -0.1) is 0 Å². The third-order valence-electron chi connectivity index (χ3n) is 3.21. The van der Waals surface area contributed by atoms with Crippen LogP contribution >= 0.6 is 0 Å². The Morgan fingerprint density at radius 3 is 2.58 bits per heavy atom. The van der Waals surface area contributed by atoms with Crippen molar-refractivity contribution in [3.05, 3.63) is 33.4 Å². The molecule has 0 saturated heterocycles. The second kappa shape index (κ2) is 5.36. The number of rotatable bonds is 5. The Hall–Kier alpha value is -1.95. The molecule has 1 aromatic carbocycles. The molecule has 1 saturated carbocycles. The average molecular weight is 263 g/mol. The van der Waals surface area contributed by atoms with Gasteiger partial charge in [0.1, 0.15) is 5.69 Å². The highest BCUT2D eigenvalue weighted by atomic mass is 16.6. The minimum absolute atomic E-state index is 0.0668. The molecule has 0 atom stereocenters. The van der Waals surface area contributed by atoms with Crippen LogP contribution in [0.1, 0.15) is 24.0 Å². The van der Waals surface area contributed by atoms with E-state index < -0.39 is 4.92 Å². The number of aryl methyl sites for hydroxylation is 2. The van der Waals surface area contributed by atoms with E-state index in [-0.39, 0.29) is 23.8 Å². The summed E-state index contributed by atoms with van der Waals surface area (Å²) < 4.78 is 0. The van der Waals surface area contributed by atoms with Crippen LogP contribution in [0.15, 0.2) is 12.1 Å². The summed E-state index contributed by atoms with van der Waals surface area (Å²) in [6, 6.07) is 3.56. The quantitative estimate of drug-likeness (QED) is 0.627. The van der Waals surface area contributed by atoms with Gasteiger partial charge in [-0.3, -0.25) is 14.9 Å². The van der Waals surface area contributed by atoms with E-state index in [1.807, 2.05) is 13.8 Å². The van der Waals surface area contributed by atoms with Crippen LogP contribution in [0.4, 0.5) is 11.4 Å². The van der Waals surface area contributed by atoms with E-state index in [0.717, 1.165) is 24.0 Å². The SMILES string of the molecule is Cc1cc(NC(=O)CNC2CC2)c([N+](=O)[O-])cc1C. The molecule has 2 rings (SSSR count). The summed E-state index contributed by atoms with van der Waals surface area (Å²) in [6.45, 7) is 3.86. The number of nitrogens with one attached hydrogen (secondary N) is 2. The van der Waals surface area contributed by atoms with Gasteiger partial charge in [0.2, 0.25) is 5.91 Å². The molecule has 0 aromatic heterocycles. The van der Waals surface area contributed by atoms with Crippen LogP contribution in [0, 0.1) is 24.0 Å². The Bertz CT molecular complexity index is 524. The van der Waals surface area contributed by atoms with E-state index in [1.165, 1.54) is 6.07 Å². The van der Waals surface area contributed by atoms with Crippen molar-refractivity contribution in [1.29, 1.82) is 0 Å². The smallest absolute Gasteiger partial charge is 0.293 e. The highest BCUT2D eigenvalue weighted by molar-refractivity contribution is 5.94. The van der Waals surface area contributed by atoms with Gasteiger partial charge in [0.25, 0.3) is 5.69 Å². The zero-order valence-electron chi connectivity index (χ0n) is 11.0. The predicted octanol–water partition coefficient (Wildman–Crippen LogP) is 1.90. The average Bonchev–Trinajstić information content (AvgIpc) is 3.14. The fourth-order valence-corrected chi connectivity index (χ4v) is 1.77. The third-order valence-corrected chi connectivity index (χ3v) is 3.21. The highest BCUT2D eigenvalue weighted by Crippen LogP contribution is 2.27. The number of benzene rings is 1. The summed E-state index contributed by atoms with van der Waals surface area (Å²) in [7, 11) is 0. The Balaban J connectivity index is 2.10. The van der Waals surface area contributed by atoms with Crippen molar-refractivity contribution in [3.63, 3.8) is 0 Å². The Morgan fingerprint density at radius 1 is 1.37 bits per heavy atom. The van der Waals surface area contributed by atoms with Gasteiger partial charge < -0.3 is 10.6 Å². The van der Waals surface area contributed by atoms with Crippen molar-refractivity contribution in [3.8, 4) is 0 Å². The molecule has 2 N–H and O–H groups in total. The maximum atomic E-state index is 11.7. The number of nitro groups is 1. The Kier molecular flexibility index (Phi) is 3.80. The molecule has 0 unspecified atom stereocenters. The van der Waals surface area contributed by atoms with Gasteiger partial charge in [0, 0.05) is 12.1 Å². The number of hydrogen-bond acceptors (Lipinski definition) is 4. The first-order chi connectivity index (χ1) is 8.97. The minimum atomic E-state index is -0.476. The summed E-state index contributed by atoms with van der Waals surface area (Å²) in [5, 5.41) is 16.7. The molecule has 6 nitrogen and oxygen atoms in total. The molecule has 6 heteroatoms. The largest absolute Gasteiger partial charge is 0.319 e. The summed E-state index contributed by atoms with van der Waals surface area (Å²) in [4.78, 5) is 22.2. The molecule has 0 spiro atoms. The maximum absolute atomic E-state index is 11.7. The van der Waals surface area contributed by atoms with Gasteiger partial charge in [0.15, 0.2) is 0 Å². The predicted molar refractivity (Wildman–Crippen MR) is 72.2 cm³/mol. The molecule has 0 heterocycles. The molecule has 0 bridgehead atoms. The van der Waals surface area contributed by atoms with E-state index in [0.29, 0.717) is 6.04 Å². The number of nitrogens with zero attached hydrogens (tertiary/aromatic N) is 1. The summed E-state index contributed by atoms with van der Waals surface area (Å²) >= 11 is 0. The molecular weight excluding hydrogens is 246 g/mol. The van der Waals surface area contributed by atoms with Crippen molar-refractivity contribution in [1.82, 2.24) is 5.32 Å². The number of amides is 1. The highest BCUT2D eigenvalue weighted by Gasteiger charge is 2.22. The normalized spacial score (nSPS) is 14.2. The zero-order valence-corrected chi connectivity index (χ0v) is 11.0. The van der Waals surface area contributed by atoms with Crippen LogP contribution in [0.2, 0.25) is 0 Å². The van der Waals surface area contributed by atoms with E-state index in [1.54, 1.807) is 6.07 Å². The van der Waals surface area contributed by atoms with Crippen molar-refractivity contribution in [2.24, 2.45) is 0 Å². The number of nitro benzene ring substituents is 1. The van der Waals surface area contributed by atoms with Gasteiger partial charge in [-0.2, -0.15) is 0 Å². The monoisotopic (exact) mass is 263 g/mol. The molecule has 1 amide bonds. The molecule has 0 aliphatic heterocycles. The number of carbonyl (C=O) groups excluding carboxylic acids is 1. The van der Waals surface area contributed by atoms with Crippen LogP contribution in [-0.2, 0) is 4.79 Å². The number of anilines is 1. The summed E-state index contributed by atoms with van der Waals surface area (Å²) in [6.07, 6.45) is 2.19. The molecule has 1 aliphatic carbocycles. The summed E-state index contributed by atoms with van der Waals surface area (Å²) in [5.74, 6) is -0.252. The topological polar surface area (TPSA) is 84.3 Å². The van der Waals surface area contributed by atoms with E-state index in [9.17, 15) is 14.9 Å². The van der Waals surface area contributed by atoms with Gasteiger partial charge in [-0.25, -0.2) is 0 Å². The zero-order chi connectivity index (χ0) is 14.0. The van der Waals surface area contributed by atoms with Gasteiger partial charge in [-0.1, -0.05) is 0 Å². The lowest BCUT2D eigenvalue weighted by Crippen LogP contribution is -2.29. The lowest BCUT2D eigenvalue weighted by Gasteiger charge is -2.09. The summed E-state index contributed by atoms with van der Waals surface area (Å²) in [5.41, 5.74) is 1.94. The molecule has 0 radical (unpaired) electrons. The van der Waals surface area contributed by atoms with Crippen LogP contribution in [-0.4, -0.2) is 23.4 Å². The fraction of sp³-hybridized carbons (Fsp3) is 0.462. The molecule has 1 aliphatic rings. The van der Waals surface area contributed by atoms with Crippen molar-refractivity contribution >= 4 is 17.3 Å². The molecular formula is C13H17N3O3. The molecule has 1 aromatic rings. The van der Waals surface area contributed by atoms with Crippen LogP contribution in [0.3, 0.4) is 0 Å². The van der Waals surface area contributed by atoms with Crippen LogP contribution < -0.4 is 10.6 Å². The number of carbonyl (C=O) groups is 1. The molecule has 1 fully saturated rings. The molecule has 19 heavy (non-hydrogen) atoms. The second-order valence-corrected chi connectivity index (χ2v) is 4.91. The van der Waals surface area contributed by atoms with E-state index in [2.05, 4.69) is 10.6 Å². The minimum Gasteiger partial charge on any atom is -0.319 e. The number of hydrogen-bond donors (Lipinski definition) is 2. The lowest BCUT2D eigenvalue weighted by atomic mass is 10.1. The Labute approximate surface area is 111 Å². The first kappa shape index (κ1) is 13.5. The van der Waals surface area contributed by atoms with Crippen molar-refractivity contribution in [2.75, 3.05) is 11.9 Å². The van der Waals surface area contributed by atoms with Crippen LogP contribution in [0.5, 0.6) is 0 Å². The lowest BCUT2D eigenvalue weighted by molar-refractivity contribution is -0.384. The Morgan fingerprint density at radius 2 is 2.00 bits per heavy atom. The first-order valence-electron chi connectivity index (χ1n) is 6.26. The maximum Gasteiger partial charge on any atom is 0.293 e. The van der Waals surface area contributed by atoms with Crippen LogP contribution in [0.25, 0.3) is 0 Å². The van der Waals surface area contributed by atoms with Gasteiger partial charge in [0.05, 0.1) is 11.5 Å². The fourth-order valence-electron chi connectivity index (χ4n) is 1.77.